The number of carbonyl (C=O) groups is 4. The predicted molar refractivity (Wildman–Crippen MR) is 331 cm³/mol. The van der Waals surface area contributed by atoms with Crippen LogP contribution >= 0.6 is 43.2 Å². The van der Waals surface area contributed by atoms with Gasteiger partial charge in [-0.3, -0.25) is 14.4 Å². The number of hydrogen-bond acceptors (Lipinski definition) is 28. The lowest BCUT2D eigenvalue weighted by Gasteiger charge is -2.47. The molecular weight excluding hydrogens is 1240 g/mol. The molecule has 2 amide bonds. The number of fused-ring (bicyclic) bond motifs is 1. The van der Waals surface area contributed by atoms with E-state index in [2.05, 4.69) is 51.4 Å². The van der Waals surface area contributed by atoms with Crippen molar-refractivity contribution in [1.82, 2.24) is 10.8 Å². The summed E-state index contributed by atoms with van der Waals surface area (Å²) < 4.78 is 77.9. The van der Waals surface area contributed by atoms with Crippen LogP contribution in [0, 0.1) is 23.7 Å². The Hall–Kier alpha value is -4.49. The van der Waals surface area contributed by atoms with Crippen molar-refractivity contribution in [2.75, 3.05) is 65.7 Å². The molecule has 30 heteroatoms. The molecule has 26 nitrogen and oxygen atoms in total. The molecule has 2 bridgehead atoms. The number of esters is 1. The fourth-order valence-corrected chi connectivity index (χ4v) is 14.4. The number of thioether (sulfide) groups is 1. The molecule has 1 aromatic rings. The highest BCUT2D eigenvalue weighted by Gasteiger charge is 2.57. The summed E-state index contributed by atoms with van der Waals surface area (Å²) in [4.78, 5) is 66.6. The van der Waals surface area contributed by atoms with Crippen molar-refractivity contribution >= 4 is 78.3 Å². The van der Waals surface area contributed by atoms with Gasteiger partial charge in [-0.25, -0.2) is 9.59 Å². The van der Waals surface area contributed by atoms with Crippen LogP contribution in [0.4, 0.5) is 10.5 Å². The van der Waals surface area contributed by atoms with Crippen LogP contribution < -0.4 is 25.6 Å². The Kier molecular flexibility index (Phi) is 27.0. The maximum Gasteiger partial charge on any atom is 0.433 e. The van der Waals surface area contributed by atoms with Crippen molar-refractivity contribution < 1.29 is 106 Å². The number of aliphatic imine (C=N–C) groups is 1. The Morgan fingerprint density at radius 3 is 2.24 bits per heavy atom. The minimum atomic E-state index is -2.62. The number of ketones is 1. The third-order valence-corrected chi connectivity index (χ3v) is 20.5. The maximum absolute atomic E-state index is 15.6. The van der Waals surface area contributed by atoms with Crippen molar-refractivity contribution in [1.29, 1.82) is 0 Å². The first-order valence-corrected chi connectivity index (χ1v) is 33.9. The van der Waals surface area contributed by atoms with Crippen molar-refractivity contribution in [3.63, 3.8) is 0 Å². The van der Waals surface area contributed by atoms with Gasteiger partial charge in [0, 0.05) is 55.9 Å². The summed E-state index contributed by atoms with van der Waals surface area (Å²) in [5, 5.41) is 54.3. The minimum Gasteiger partial charge on any atom is -0.493 e. The van der Waals surface area contributed by atoms with Gasteiger partial charge in [0.2, 0.25) is 5.78 Å². The summed E-state index contributed by atoms with van der Waals surface area (Å²) in [5.74, 6) is 8.71. The van der Waals surface area contributed by atoms with Crippen molar-refractivity contribution in [2.24, 2.45) is 4.99 Å². The number of rotatable bonds is 25. The quantitative estimate of drug-likeness (QED) is 0.0139. The summed E-state index contributed by atoms with van der Waals surface area (Å²) in [6, 6.07) is 1.39. The SMILES string of the molecule is C=C(OC)C(=O)Nc1cc(OC)c(OC)cc1C(=O)O[C@H]1CC(O[C@@H]2C(=O)C(=NC(=O)OC)C3=C(CCSSSC)[C@]2(O)C#C/C=C/C#C[C@@H]3O[C@@H]2O[C@H](C)[C@@H](NO[C@H]3C[C@H](O)[C@H](SC)[C@@H](C)O3)[C@H](O)[C@@H]2O[C@H]2C[C@H](OC)[C@@H](NC(C)C)CO2)O[C@@H](C)[C@@H]1O. The molecule has 7 rings (SSSR count). The molecule has 0 spiro atoms. The van der Waals surface area contributed by atoms with Gasteiger partial charge in [0.05, 0.1) is 94.2 Å². The molecule has 4 saturated heterocycles. The number of ether oxygens (including phenoxy) is 13. The fourth-order valence-electron chi connectivity index (χ4n) is 10.9. The number of amides is 2. The molecule has 6 aliphatic rings. The van der Waals surface area contributed by atoms with Gasteiger partial charge in [-0.15, -0.1) is 0 Å². The molecule has 4 fully saturated rings. The number of methoxy groups -OCH3 is 5. The summed E-state index contributed by atoms with van der Waals surface area (Å²) >= 11 is 1.47. The van der Waals surface area contributed by atoms with Crippen LogP contribution in [0.1, 0.15) is 70.7 Å². The molecule has 7 N–H and O–H groups in total. The Balaban J connectivity index is 1.27. The normalized spacial score (nSPS) is 34.5. The van der Waals surface area contributed by atoms with E-state index in [-0.39, 0.29) is 94.7 Å². The number of aliphatic hydroxyl groups is 4. The lowest BCUT2D eigenvalue weighted by Crippen LogP contribution is -2.65. The minimum absolute atomic E-state index is 0.0308. The number of carbonyl (C=O) groups excluding carboxylic acids is 4. The van der Waals surface area contributed by atoms with E-state index in [4.69, 9.17) is 66.4 Å². The largest absolute Gasteiger partial charge is 0.493 e. The third-order valence-electron chi connectivity index (χ3n) is 15.3. The number of benzene rings is 1. The van der Waals surface area contributed by atoms with E-state index in [1.54, 1.807) is 14.0 Å². The molecule has 19 atom stereocenters. The number of hydrogen-bond donors (Lipinski definition) is 7. The topological polar surface area (TPSA) is 327 Å². The van der Waals surface area contributed by atoms with Gasteiger partial charge in [0.1, 0.15) is 36.2 Å². The monoisotopic (exact) mass is 1320 g/mol. The van der Waals surface area contributed by atoms with Crippen molar-refractivity contribution in [2.45, 2.75) is 182 Å². The summed E-state index contributed by atoms with van der Waals surface area (Å²) in [6.07, 6.45) is -13.5. The number of anilines is 1. The smallest absolute Gasteiger partial charge is 0.433 e. The number of nitrogens with one attached hydrogen (secondary N) is 3. The Morgan fingerprint density at radius 2 is 1.57 bits per heavy atom. The molecule has 0 saturated carbocycles. The lowest BCUT2D eigenvalue weighted by molar-refractivity contribution is -0.336. The number of Topliss-reactive ketones (excluding diaryl/α,β-unsaturated/α-hetero) is 1. The number of aliphatic hydroxyl groups excluding tert-OH is 3. The van der Waals surface area contributed by atoms with Gasteiger partial charge in [0.25, 0.3) is 5.91 Å². The molecule has 4 heterocycles. The van der Waals surface area contributed by atoms with Crippen LogP contribution in [0.5, 0.6) is 11.5 Å². The molecule has 89 heavy (non-hydrogen) atoms. The van der Waals surface area contributed by atoms with E-state index in [1.165, 1.54) is 95.7 Å². The maximum atomic E-state index is 15.6. The number of nitrogens with zero attached hydrogens (tertiary/aromatic N) is 1. The van der Waals surface area contributed by atoms with Crippen LogP contribution in [0.25, 0.3) is 0 Å². The highest BCUT2D eigenvalue weighted by atomic mass is 33.5. The van der Waals surface area contributed by atoms with Gasteiger partial charge < -0.3 is 92.6 Å². The molecule has 1 unspecified atom stereocenters. The first-order valence-electron chi connectivity index (χ1n) is 28.5. The number of allylic oxidation sites excluding steroid dienone is 2. The molecule has 4 aliphatic heterocycles. The van der Waals surface area contributed by atoms with E-state index in [0.717, 1.165) is 7.11 Å². The van der Waals surface area contributed by atoms with Gasteiger partial charge in [-0.1, -0.05) is 65.7 Å². The molecule has 1 aromatic carbocycles. The standard InChI is InChI=1S/C59H80N4O22S4/c1-28(2)60-36-27-77-43(25-39(36)73-8)83-52-50(66)47(63-85-45-24-37(64)53(86-12)31(5)79-45)29(3)80-57(52)82-38-18-16-14-15-17-20-59(71)34(19-21-88-89-87-13)46(38)48(62-58(70)76-11)51(67)54(59)84-44-26-42(49(65)30(4)78-44)81-56(69)33-22-40(74-9)41(75-10)23-35(33)61-55(68)32(6)72-7/h14-15,22-23,28-31,36-39,42-45,47,49-50,52-54,57,60,63-66,71H,6,19,21,24-27H2,1-5,7-13H3,(H,61,68)/b15-14+,62-48?/t29-,30+,31-,36+,37+,38+,39+,42+,43+,44?,45+,47-,49+,50+,52+,53-,54-,57+,59-/m1/s1. The van der Waals surface area contributed by atoms with Gasteiger partial charge in [-0.2, -0.15) is 22.2 Å². The highest BCUT2D eigenvalue weighted by Crippen LogP contribution is 2.43. The first kappa shape index (κ1) is 71.9. The third kappa shape index (κ3) is 17.6. The van der Waals surface area contributed by atoms with Crippen LogP contribution in [-0.4, -0.2) is 232 Å². The zero-order valence-corrected chi connectivity index (χ0v) is 54.7. The molecular formula is C59H80N4O22S4. The van der Waals surface area contributed by atoms with Crippen molar-refractivity contribution in [3.05, 3.63) is 53.3 Å². The first-order chi connectivity index (χ1) is 42.5. The molecule has 2 aliphatic carbocycles. The Bertz CT molecular complexity index is 2890. The molecule has 0 radical (unpaired) electrons. The van der Waals surface area contributed by atoms with Crippen molar-refractivity contribution in [3.8, 4) is 35.2 Å². The van der Waals surface area contributed by atoms with Crippen LogP contribution in [-0.2, 0) is 66.5 Å². The van der Waals surface area contributed by atoms with E-state index < -0.39 is 134 Å². The summed E-state index contributed by atoms with van der Waals surface area (Å²) in [6.45, 7) is 12.6. The predicted octanol–water partition coefficient (Wildman–Crippen LogP) is 3.77. The fraction of sp³-hybridized carbons (Fsp3) is 0.644. The van der Waals surface area contributed by atoms with E-state index in [9.17, 15) is 34.8 Å². The molecule has 0 aromatic heterocycles. The molecule has 492 valence electrons. The van der Waals surface area contributed by atoms with Crippen LogP contribution in [0.2, 0.25) is 0 Å². The van der Waals surface area contributed by atoms with Gasteiger partial charge in [-0.05, 0) is 67.3 Å². The van der Waals surface area contributed by atoms with E-state index in [0.29, 0.717) is 0 Å². The zero-order chi connectivity index (χ0) is 64.9. The van der Waals surface area contributed by atoms with Crippen LogP contribution in [0.15, 0.2) is 52.8 Å². The second-order valence-corrected chi connectivity index (χ2v) is 27.0. The number of hydroxylamine groups is 1. The average molecular weight is 1330 g/mol. The van der Waals surface area contributed by atoms with Gasteiger partial charge >= 0.3 is 12.1 Å². The lowest BCUT2D eigenvalue weighted by atomic mass is 9.72. The Labute approximate surface area is 533 Å². The van der Waals surface area contributed by atoms with Crippen LogP contribution in [0.3, 0.4) is 0 Å². The second-order valence-electron chi connectivity index (χ2n) is 21.5. The summed E-state index contributed by atoms with van der Waals surface area (Å²) in [7, 11) is 10.8. The summed E-state index contributed by atoms with van der Waals surface area (Å²) in [5.41, 5.74) is -0.914. The Morgan fingerprint density at radius 1 is 0.865 bits per heavy atom. The zero-order valence-electron chi connectivity index (χ0n) is 51.4. The van der Waals surface area contributed by atoms with Gasteiger partial charge in [0.15, 0.2) is 54.1 Å². The highest BCUT2D eigenvalue weighted by molar-refractivity contribution is 9.09. The van der Waals surface area contributed by atoms with E-state index in [1.807, 2.05) is 33.3 Å². The average Bonchev–Trinajstić information content (AvgIpc) is 0.971. The second kappa shape index (κ2) is 33.4. The van der Waals surface area contributed by atoms with E-state index >= 15 is 4.79 Å².